The molecule has 126 valence electrons. The molecule has 0 saturated carbocycles. The number of allylic oxidation sites excluding steroid dienone is 1. The summed E-state index contributed by atoms with van der Waals surface area (Å²) >= 11 is 0. The van der Waals surface area contributed by atoms with E-state index in [1.165, 1.54) is 5.56 Å². The molecule has 2 aromatic carbocycles. The number of rotatable bonds is 4. The van der Waals surface area contributed by atoms with Gasteiger partial charge in [0.25, 0.3) is 0 Å². The molecule has 1 amide bonds. The number of benzene rings is 2. The third-order valence-corrected chi connectivity index (χ3v) is 4.98. The van der Waals surface area contributed by atoms with Crippen LogP contribution in [0.25, 0.3) is 5.70 Å². The van der Waals surface area contributed by atoms with Crippen LogP contribution in [0.3, 0.4) is 0 Å². The van der Waals surface area contributed by atoms with Crippen molar-refractivity contribution in [1.29, 1.82) is 0 Å². The second-order valence-electron chi connectivity index (χ2n) is 6.68. The first-order valence-electron chi connectivity index (χ1n) is 8.98. The topological polar surface area (TPSA) is 32.7 Å². The van der Waals surface area contributed by atoms with Crippen LogP contribution in [0.15, 0.2) is 71.7 Å². The molecule has 0 N–H and O–H groups in total. The van der Waals surface area contributed by atoms with Crippen LogP contribution in [0.5, 0.6) is 0 Å². The van der Waals surface area contributed by atoms with E-state index in [-0.39, 0.29) is 11.9 Å². The predicted octanol–water partition coefficient (Wildman–Crippen LogP) is 4.45. The molecule has 4 rings (SSSR count). The smallest absolute Gasteiger partial charge is 0.223 e. The maximum absolute atomic E-state index is 12.6. The van der Waals surface area contributed by atoms with Crippen molar-refractivity contribution < 1.29 is 4.79 Å². The van der Waals surface area contributed by atoms with Crippen molar-refractivity contribution in [2.45, 2.75) is 38.3 Å². The number of hydrogen-bond acceptors (Lipinski definition) is 2. The Kier molecular flexibility index (Phi) is 4.47. The number of nitrogens with zero attached hydrogens (tertiary/aromatic N) is 2. The van der Waals surface area contributed by atoms with Crippen LogP contribution < -0.4 is 0 Å². The Bertz CT molecular complexity index is 808. The lowest BCUT2D eigenvalue weighted by Gasteiger charge is -2.36. The minimum Gasteiger partial charge on any atom is -0.330 e. The number of carbonyl (C=O) groups is 1. The maximum Gasteiger partial charge on any atom is 0.223 e. The van der Waals surface area contributed by atoms with E-state index in [0.717, 1.165) is 36.2 Å². The quantitative estimate of drug-likeness (QED) is 0.815. The molecule has 1 saturated heterocycles. The number of carbonyl (C=O) groups excluding carboxylic acids is 1. The van der Waals surface area contributed by atoms with Gasteiger partial charge in [0.05, 0.1) is 11.7 Å². The Morgan fingerprint density at radius 1 is 1.00 bits per heavy atom. The summed E-state index contributed by atoms with van der Waals surface area (Å²) in [6, 6.07) is 20.6. The summed E-state index contributed by atoms with van der Waals surface area (Å²) in [6.07, 6.45) is 5.63. The monoisotopic (exact) mass is 330 g/mol. The molecule has 3 nitrogen and oxygen atoms in total. The largest absolute Gasteiger partial charge is 0.330 e. The summed E-state index contributed by atoms with van der Waals surface area (Å²) in [5, 5.41) is 0. The molecular formula is C22H22N2O. The van der Waals surface area contributed by atoms with E-state index in [9.17, 15) is 4.79 Å². The Hall–Kier alpha value is -2.68. The molecule has 3 heteroatoms. The van der Waals surface area contributed by atoms with Gasteiger partial charge in [0, 0.05) is 25.1 Å². The Balaban J connectivity index is 1.56. The minimum atomic E-state index is 0.124. The van der Waals surface area contributed by atoms with Crippen molar-refractivity contribution in [2.24, 2.45) is 4.99 Å². The third kappa shape index (κ3) is 3.41. The first kappa shape index (κ1) is 15.8. The number of likely N-dealkylation sites (tertiary alicyclic amines) is 1. The fourth-order valence-corrected chi connectivity index (χ4v) is 3.69. The number of hydrogen-bond donors (Lipinski definition) is 0. The van der Waals surface area contributed by atoms with Gasteiger partial charge < -0.3 is 4.90 Å². The van der Waals surface area contributed by atoms with Crippen molar-refractivity contribution >= 4 is 17.3 Å². The van der Waals surface area contributed by atoms with E-state index in [0.29, 0.717) is 13.0 Å². The molecule has 2 aromatic rings. The van der Waals surface area contributed by atoms with Crippen LogP contribution in [0.4, 0.5) is 0 Å². The highest BCUT2D eigenvalue weighted by Gasteiger charge is 2.32. The maximum atomic E-state index is 12.6. The molecule has 0 spiro atoms. The summed E-state index contributed by atoms with van der Waals surface area (Å²) in [4.78, 5) is 19.5. The lowest BCUT2D eigenvalue weighted by molar-refractivity contribution is -0.135. The van der Waals surface area contributed by atoms with E-state index in [1.807, 2.05) is 41.3 Å². The van der Waals surface area contributed by atoms with Crippen molar-refractivity contribution in [3.8, 4) is 0 Å². The average molecular weight is 330 g/mol. The molecule has 0 bridgehead atoms. The van der Waals surface area contributed by atoms with Gasteiger partial charge in [0.2, 0.25) is 5.91 Å². The summed E-state index contributed by atoms with van der Waals surface area (Å²) < 4.78 is 0. The molecule has 1 fully saturated rings. The zero-order valence-corrected chi connectivity index (χ0v) is 14.3. The van der Waals surface area contributed by atoms with E-state index in [1.54, 1.807) is 0 Å². The van der Waals surface area contributed by atoms with Crippen LogP contribution in [0, 0.1) is 0 Å². The van der Waals surface area contributed by atoms with Crippen LogP contribution in [0.1, 0.15) is 36.8 Å². The standard InChI is InChI=1S/C22H22N2O/c25-22-13-7-12-21(24(22)16-17-8-3-1-4-9-17)20-15-14-19(23-20)18-10-5-2-6-11-18/h1-6,8-11,14,21H,7,12-13,15-16H2. The van der Waals surface area contributed by atoms with Gasteiger partial charge in [-0.1, -0.05) is 66.7 Å². The lowest BCUT2D eigenvalue weighted by atomic mass is 9.95. The van der Waals surface area contributed by atoms with Crippen LogP contribution in [-0.2, 0) is 11.3 Å². The van der Waals surface area contributed by atoms with Crippen molar-refractivity contribution in [2.75, 3.05) is 0 Å². The molecule has 2 aliphatic heterocycles. The van der Waals surface area contributed by atoms with Crippen LogP contribution in [-0.4, -0.2) is 22.6 Å². The molecule has 0 radical (unpaired) electrons. The predicted molar refractivity (Wildman–Crippen MR) is 101 cm³/mol. The number of amides is 1. The van der Waals surface area contributed by atoms with Gasteiger partial charge in [-0.05, 0) is 24.0 Å². The molecule has 1 atom stereocenters. The normalized spacial score (nSPS) is 20.4. The third-order valence-electron chi connectivity index (χ3n) is 4.98. The van der Waals surface area contributed by atoms with Crippen LogP contribution in [0.2, 0.25) is 0 Å². The van der Waals surface area contributed by atoms with Gasteiger partial charge in [0.1, 0.15) is 0 Å². The molecule has 1 unspecified atom stereocenters. The first-order valence-corrected chi connectivity index (χ1v) is 8.98. The summed E-state index contributed by atoms with van der Waals surface area (Å²) in [5.41, 5.74) is 4.49. The zero-order valence-electron chi connectivity index (χ0n) is 14.3. The van der Waals surface area contributed by atoms with Crippen molar-refractivity contribution in [1.82, 2.24) is 4.90 Å². The van der Waals surface area contributed by atoms with Crippen molar-refractivity contribution in [3.63, 3.8) is 0 Å². The number of aliphatic imine (C=N–C) groups is 1. The summed E-state index contributed by atoms with van der Waals surface area (Å²) in [5.74, 6) is 0.246. The van der Waals surface area contributed by atoms with E-state index < -0.39 is 0 Å². The highest BCUT2D eigenvalue weighted by atomic mass is 16.2. The van der Waals surface area contributed by atoms with Gasteiger partial charge in [-0.25, -0.2) is 0 Å². The fraction of sp³-hybridized carbons (Fsp3) is 0.273. The molecule has 2 aliphatic rings. The fourth-order valence-electron chi connectivity index (χ4n) is 3.69. The Morgan fingerprint density at radius 3 is 2.48 bits per heavy atom. The molecule has 0 aliphatic carbocycles. The molecule has 25 heavy (non-hydrogen) atoms. The lowest BCUT2D eigenvalue weighted by Crippen LogP contribution is -2.47. The SMILES string of the molecule is O=C1CCCC(C2=NC(c3ccccc3)=CC2)N1Cc1ccccc1. The minimum absolute atomic E-state index is 0.124. The number of piperidine rings is 1. The Labute approximate surface area is 148 Å². The highest BCUT2D eigenvalue weighted by Crippen LogP contribution is 2.29. The first-order chi connectivity index (χ1) is 12.3. The van der Waals surface area contributed by atoms with E-state index in [4.69, 9.17) is 4.99 Å². The zero-order chi connectivity index (χ0) is 17.1. The van der Waals surface area contributed by atoms with Crippen molar-refractivity contribution in [3.05, 3.63) is 77.9 Å². The van der Waals surface area contributed by atoms with Gasteiger partial charge in [-0.3, -0.25) is 9.79 Å². The van der Waals surface area contributed by atoms with E-state index >= 15 is 0 Å². The Morgan fingerprint density at radius 2 is 1.72 bits per heavy atom. The molecule has 2 heterocycles. The molecular weight excluding hydrogens is 308 g/mol. The summed E-state index contributed by atoms with van der Waals surface area (Å²) in [6.45, 7) is 0.671. The van der Waals surface area contributed by atoms with Crippen LogP contribution >= 0.6 is 0 Å². The molecule has 0 aromatic heterocycles. The second kappa shape index (κ2) is 7.06. The average Bonchev–Trinajstić information content (AvgIpc) is 3.15. The van der Waals surface area contributed by atoms with Gasteiger partial charge >= 0.3 is 0 Å². The van der Waals surface area contributed by atoms with Gasteiger partial charge in [-0.15, -0.1) is 0 Å². The second-order valence-corrected chi connectivity index (χ2v) is 6.68. The van der Waals surface area contributed by atoms with Gasteiger partial charge in [0.15, 0.2) is 0 Å². The van der Waals surface area contributed by atoms with Gasteiger partial charge in [-0.2, -0.15) is 0 Å². The van der Waals surface area contributed by atoms with E-state index in [2.05, 4.69) is 30.3 Å². The highest BCUT2D eigenvalue weighted by molar-refractivity contribution is 6.01. The summed E-state index contributed by atoms with van der Waals surface area (Å²) in [7, 11) is 0.